The van der Waals surface area contributed by atoms with E-state index in [1.54, 1.807) is 29.4 Å². The highest BCUT2D eigenvalue weighted by atomic mass is 32.1. The molecule has 2 aromatic carbocycles. The number of amides is 2. The highest BCUT2D eigenvalue weighted by Crippen LogP contribution is 2.45. The molecule has 3 aromatic rings. The number of rotatable bonds is 5. The predicted octanol–water partition coefficient (Wildman–Crippen LogP) is 5.16. The van der Waals surface area contributed by atoms with E-state index in [1.165, 1.54) is 4.90 Å². The molecule has 2 aliphatic heterocycles. The second kappa shape index (κ2) is 10.9. The van der Waals surface area contributed by atoms with Gasteiger partial charge in [0.15, 0.2) is 5.96 Å². The lowest BCUT2D eigenvalue weighted by molar-refractivity contribution is -0.139. The maximum absolute atomic E-state index is 13.7. The van der Waals surface area contributed by atoms with E-state index in [4.69, 9.17) is 10.1 Å². The molecule has 5 rings (SSSR count). The molecule has 3 heterocycles. The molecule has 0 bridgehead atoms. The summed E-state index contributed by atoms with van der Waals surface area (Å²) in [5.41, 5.74) is 2.66. The molecule has 2 N–H and O–H groups in total. The van der Waals surface area contributed by atoms with Crippen molar-refractivity contribution in [2.24, 2.45) is 11.8 Å². The lowest BCUT2D eigenvalue weighted by Crippen LogP contribution is -2.65. The zero-order chi connectivity index (χ0) is 27.6. The van der Waals surface area contributed by atoms with Gasteiger partial charge >= 0.3 is 6.09 Å². The van der Waals surface area contributed by atoms with Gasteiger partial charge in [0.05, 0.1) is 23.1 Å². The lowest BCUT2D eigenvalue weighted by atomic mass is 9.70. The van der Waals surface area contributed by atoms with E-state index < -0.39 is 11.5 Å². The van der Waals surface area contributed by atoms with Crippen LogP contribution in [0, 0.1) is 28.6 Å². The van der Waals surface area contributed by atoms with Crippen LogP contribution < -0.4 is 5.32 Å². The molecule has 1 aromatic heterocycles. The monoisotopic (exact) mass is 541 g/mol. The van der Waals surface area contributed by atoms with E-state index in [1.807, 2.05) is 60.8 Å². The van der Waals surface area contributed by atoms with Gasteiger partial charge in [-0.3, -0.25) is 15.1 Å². The van der Waals surface area contributed by atoms with Gasteiger partial charge in [0, 0.05) is 25.0 Å². The normalized spacial score (nSPS) is 21.8. The summed E-state index contributed by atoms with van der Waals surface area (Å²) < 4.78 is 5.52. The van der Waals surface area contributed by atoms with Gasteiger partial charge in [-0.1, -0.05) is 42.5 Å². The van der Waals surface area contributed by atoms with E-state index in [-0.39, 0.29) is 30.5 Å². The molecular weight excluding hydrogens is 510 g/mol. The lowest BCUT2D eigenvalue weighted by Gasteiger charge is -2.49. The Labute approximate surface area is 232 Å². The van der Waals surface area contributed by atoms with Crippen LogP contribution >= 0.6 is 11.3 Å². The van der Waals surface area contributed by atoms with Crippen LogP contribution in [0.1, 0.15) is 35.8 Å². The fraction of sp³-hybridized carbons (Fsp3) is 0.333. The third-order valence-corrected chi connectivity index (χ3v) is 9.01. The quantitative estimate of drug-likeness (QED) is 0.464. The molecule has 2 aliphatic rings. The zero-order valence-electron chi connectivity index (χ0n) is 22.0. The third-order valence-electron chi connectivity index (χ3n) is 7.84. The number of likely N-dealkylation sites (tertiary alicyclic amines) is 1. The fourth-order valence-electron chi connectivity index (χ4n) is 5.62. The average molecular weight is 542 g/mol. The van der Waals surface area contributed by atoms with Gasteiger partial charge in [0.1, 0.15) is 6.61 Å². The highest BCUT2D eigenvalue weighted by molar-refractivity contribution is 7.10. The van der Waals surface area contributed by atoms with Crippen molar-refractivity contribution in [3.05, 3.63) is 82.0 Å². The van der Waals surface area contributed by atoms with Crippen LogP contribution in [0.15, 0.2) is 66.0 Å². The van der Waals surface area contributed by atoms with Crippen LogP contribution in [0.5, 0.6) is 0 Å². The first-order valence-corrected chi connectivity index (χ1v) is 13.9. The van der Waals surface area contributed by atoms with Crippen LogP contribution in [0.2, 0.25) is 0 Å². The van der Waals surface area contributed by atoms with Crippen molar-refractivity contribution >= 4 is 29.3 Å². The number of thiophene rings is 1. The Morgan fingerprint density at radius 1 is 1.15 bits per heavy atom. The third kappa shape index (κ3) is 5.25. The Hall–Kier alpha value is -4.16. The summed E-state index contributed by atoms with van der Waals surface area (Å²) in [5, 5.41) is 23.1. The van der Waals surface area contributed by atoms with E-state index >= 15 is 0 Å². The first-order chi connectivity index (χ1) is 18.8. The number of nitrogens with one attached hydrogen (secondary N) is 2. The van der Waals surface area contributed by atoms with Crippen LogP contribution in [0.4, 0.5) is 4.79 Å². The molecule has 0 unspecified atom stereocenters. The first kappa shape index (κ1) is 26.4. The first-order valence-electron chi connectivity index (χ1n) is 13.0. The summed E-state index contributed by atoms with van der Waals surface area (Å²) in [4.78, 5) is 30.4. The van der Waals surface area contributed by atoms with Crippen molar-refractivity contribution in [2.45, 2.75) is 31.9 Å². The topological polar surface area (TPSA) is 110 Å². The minimum Gasteiger partial charge on any atom is -0.445 e. The van der Waals surface area contributed by atoms with Gasteiger partial charge in [-0.15, -0.1) is 11.3 Å². The SMILES string of the molecule is CN1C(=N)N[C@](C)(c2cc(-c3cccc(C#N)c3)cs2)[C@H](C2CCN(C(=O)OCc3ccccc3)CC2)C1=O. The minimum atomic E-state index is -0.781. The number of carbonyl (C=O) groups is 2. The molecule has 8 nitrogen and oxygen atoms in total. The van der Waals surface area contributed by atoms with Gasteiger partial charge in [0.25, 0.3) is 0 Å². The molecule has 0 spiro atoms. The number of benzene rings is 2. The van der Waals surface area contributed by atoms with E-state index in [0.717, 1.165) is 21.6 Å². The minimum absolute atomic E-state index is 0.0243. The molecule has 0 saturated carbocycles. The van der Waals surface area contributed by atoms with Gasteiger partial charge in [-0.2, -0.15) is 5.26 Å². The molecular formula is C30H31N5O3S. The number of ether oxygens (including phenoxy) is 1. The number of hydrogen-bond donors (Lipinski definition) is 2. The molecule has 9 heteroatoms. The average Bonchev–Trinajstić information content (AvgIpc) is 3.47. The molecule has 2 atom stereocenters. The maximum atomic E-state index is 13.7. The Bertz CT molecular complexity index is 1420. The Kier molecular flexibility index (Phi) is 7.40. The molecule has 39 heavy (non-hydrogen) atoms. The molecule has 2 fully saturated rings. The molecule has 2 saturated heterocycles. The smallest absolute Gasteiger partial charge is 0.410 e. The summed E-state index contributed by atoms with van der Waals surface area (Å²) in [6.45, 7) is 3.25. The van der Waals surface area contributed by atoms with Crippen molar-refractivity contribution in [1.29, 1.82) is 10.7 Å². The molecule has 0 radical (unpaired) electrons. The number of hydrogen-bond acceptors (Lipinski definition) is 6. The van der Waals surface area contributed by atoms with Crippen LogP contribution in [-0.2, 0) is 21.7 Å². The van der Waals surface area contributed by atoms with E-state index in [2.05, 4.69) is 17.5 Å². The second-order valence-electron chi connectivity index (χ2n) is 10.3. The van der Waals surface area contributed by atoms with Gasteiger partial charge < -0.3 is 15.0 Å². The zero-order valence-corrected chi connectivity index (χ0v) is 22.8. The van der Waals surface area contributed by atoms with Gasteiger partial charge in [-0.25, -0.2) is 4.79 Å². The van der Waals surface area contributed by atoms with Gasteiger partial charge in [0.2, 0.25) is 5.91 Å². The van der Waals surface area contributed by atoms with Crippen molar-refractivity contribution in [3.63, 3.8) is 0 Å². The van der Waals surface area contributed by atoms with Crippen LogP contribution in [0.25, 0.3) is 11.1 Å². The Balaban J connectivity index is 1.33. The fourth-order valence-corrected chi connectivity index (χ4v) is 6.69. The number of guanidine groups is 1. The van der Waals surface area contributed by atoms with Crippen molar-refractivity contribution in [1.82, 2.24) is 15.1 Å². The Morgan fingerprint density at radius 2 is 1.90 bits per heavy atom. The van der Waals surface area contributed by atoms with E-state index in [0.29, 0.717) is 31.5 Å². The van der Waals surface area contributed by atoms with Crippen LogP contribution in [-0.4, -0.2) is 47.9 Å². The second-order valence-corrected chi connectivity index (χ2v) is 11.2. The van der Waals surface area contributed by atoms with Crippen molar-refractivity contribution < 1.29 is 14.3 Å². The molecule has 200 valence electrons. The van der Waals surface area contributed by atoms with Crippen molar-refractivity contribution in [3.8, 4) is 17.2 Å². The predicted molar refractivity (Wildman–Crippen MR) is 150 cm³/mol. The maximum Gasteiger partial charge on any atom is 0.410 e. The molecule has 0 aliphatic carbocycles. The standard InChI is InChI=1S/C30H31N5O3S/c1-30(25-16-24(19-39-25)23-10-6-9-21(15-23)17-31)26(27(36)34(2)28(32)33-30)22-11-13-35(14-12-22)29(37)38-18-20-7-4-3-5-8-20/h3-10,15-16,19,22,26H,11-14,18H2,1-2H3,(H2,32,33)/t26-,30-/m1/s1. The summed E-state index contributed by atoms with van der Waals surface area (Å²) in [6.07, 6.45) is 0.990. The highest BCUT2D eigenvalue weighted by Gasteiger charge is 2.52. The number of carbonyl (C=O) groups excluding carboxylic acids is 2. The van der Waals surface area contributed by atoms with Gasteiger partial charge in [-0.05, 0) is 66.0 Å². The van der Waals surface area contributed by atoms with E-state index in [9.17, 15) is 14.9 Å². The Morgan fingerprint density at radius 3 is 2.62 bits per heavy atom. The summed E-state index contributed by atoms with van der Waals surface area (Å²) in [6, 6.07) is 21.3. The van der Waals surface area contributed by atoms with Crippen molar-refractivity contribution in [2.75, 3.05) is 20.1 Å². The number of nitrogens with zero attached hydrogens (tertiary/aromatic N) is 3. The van der Waals surface area contributed by atoms with Crippen LogP contribution in [0.3, 0.4) is 0 Å². The summed E-state index contributed by atoms with van der Waals surface area (Å²) in [5.74, 6) is -0.401. The molecule has 2 amide bonds. The number of piperidine rings is 1. The summed E-state index contributed by atoms with van der Waals surface area (Å²) in [7, 11) is 1.63. The largest absolute Gasteiger partial charge is 0.445 e. The summed E-state index contributed by atoms with van der Waals surface area (Å²) >= 11 is 1.55. The number of nitriles is 1.